The lowest BCUT2D eigenvalue weighted by Gasteiger charge is -2.31. The molecule has 8 heteroatoms. The number of hydrogen-bond acceptors (Lipinski definition) is 7. The van der Waals surface area contributed by atoms with Crippen molar-refractivity contribution in [3.8, 4) is 12.0 Å². The van der Waals surface area contributed by atoms with Gasteiger partial charge in [-0.2, -0.15) is 9.97 Å². The van der Waals surface area contributed by atoms with Gasteiger partial charge in [0.05, 0.1) is 26.9 Å². The van der Waals surface area contributed by atoms with Crippen LogP contribution in [0.4, 0.5) is 5.95 Å². The predicted molar refractivity (Wildman–Crippen MR) is 67.8 cm³/mol. The number of aromatic nitrogens is 3. The van der Waals surface area contributed by atoms with Gasteiger partial charge in [0.1, 0.15) is 0 Å². The first-order valence-corrected chi connectivity index (χ1v) is 5.43. The van der Waals surface area contributed by atoms with Crippen LogP contribution in [0.5, 0.6) is 12.0 Å². The van der Waals surface area contributed by atoms with Crippen LogP contribution in [-0.2, 0) is 4.74 Å². The minimum atomic E-state index is 0. The van der Waals surface area contributed by atoms with Gasteiger partial charge in [-0.1, -0.05) is 0 Å². The van der Waals surface area contributed by atoms with E-state index in [2.05, 4.69) is 15.0 Å². The number of halogens is 1. The van der Waals surface area contributed by atoms with Gasteiger partial charge in [0.15, 0.2) is 0 Å². The van der Waals surface area contributed by atoms with Crippen molar-refractivity contribution in [1.29, 1.82) is 0 Å². The molecule has 0 saturated carbocycles. The lowest BCUT2D eigenvalue weighted by atomic mass is 10.3. The Balaban J connectivity index is 0.00000162. The largest absolute Gasteiger partial charge is 0.467 e. The molecule has 0 bridgehead atoms. The first-order chi connectivity index (χ1) is 8.22. The van der Waals surface area contributed by atoms with Gasteiger partial charge < -0.3 is 19.1 Å². The Kier molecular flexibility index (Phi) is 5.36. The first kappa shape index (κ1) is 14.7. The van der Waals surface area contributed by atoms with E-state index in [1.165, 1.54) is 14.2 Å². The van der Waals surface area contributed by atoms with E-state index in [4.69, 9.17) is 14.2 Å². The summed E-state index contributed by atoms with van der Waals surface area (Å²) in [6, 6.07) is 0.511. The molecule has 1 aromatic rings. The molecule has 7 nitrogen and oxygen atoms in total. The molecule has 0 aromatic carbocycles. The van der Waals surface area contributed by atoms with Gasteiger partial charge in [-0.25, -0.2) is 0 Å². The summed E-state index contributed by atoms with van der Waals surface area (Å²) < 4.78 is 15.5. The van der Waals surface area contributed by atoms with Crippen molar-refractivity contribution >= 4 is 18.4 Å². The van der Waals surface area contributed by atoms with Gasteiger partial charge >= 0.3 is 12.0 Å². The summed E-state index contributed by atoms with van der Waals surface area (Å²) in [6.45, 7) is 4.18. The molecule has 1 unspecified atom stereocenters. The average Bonchev–Trinajstić information content (AvgIpc) is 2.38. The van der Waals surface area contributed by atoms with Gasteiger partial charge in [-0.3, -0.25) is 0 Å². The van der Waals surface area contributed by atoms with Gasteiger partial charge in [-0.05, 0) is 6.92 Å². The number of rotatable bonds is 3. The van der Waals surface area contributed by atoms with Crippen LogP contribution in [0.1, 0.15) is 6.92 Å². The van der Waals surface area contributed by atoms with Gasteiger partial charge in [0, 0.05) is 13.1 Å². The first-order valence-electron chi connectivity index (χ1n) is 5.43. The second-order valence-corrected chi connectivity index (χ2v) is 3.74. The molecule has 18 heavy (non-hydrogen) atoms. The monoisotopic (exact) mass is 276 g/mol. The van der Waals surface area contributed by atoms with Crippen molar-refractivity contribution in [1.82, 2.24) is 15.0 Å². The van der Waals surface area contributed by atoms with Crippen LogP contribution in [0.25, 0.3) is 0 Å². The molecule has 1 atom stereocenters. The van der Waals surface area contributed by atoms with Crippen molar-refractivity contribution in [2.45, 2.75) is 13.0 Å². The minimum absolute atomic E-state index is 0. The van der Waals surface area contributed by atoms with Crippen molar-refractivity contribution in [3.63, 3.8) is 0 Å². The van der Waals surface area contributed by atoms with Gasteiger partial charge in [0.25, 0.3) is 0 Å². The fourth-order valence-corrected chi connectivity index (χ4v) is 1.65. The summed E-state index contributed by atoms with van der Waals surface area (Å²) in [4.78, 5) is 14.4. The third-order valence-corrected chi connectivity index (χ3v) is 2.47. The fraction of sp³-hybridized carbons (Fsp3) is 0.700. The smallest absolute Gasteiger partial charge is 0.324 e. The van der Waals surface area contributed by atoms with Crippen molar-refractivity contribution in [2.24, 2.45) is 0 Å². The van der Waals surface area contributed by atoms with E-state index in [-0.39, 0.29) is 30.5 Å². The summed E-state index contributed by atoms with van der Waals surface area (Å²) in [5, 5.41) is 0. The van der Waals surface area contributed by atoms with E-state index in [1.807, 2.05) is 11.8 Å². The minimum Gasteiger partial charge on any atom is -0.467 e. The van der Waals surface area contributed by atoms with Crippen LogP contribution in [0.15, 0.2) is 0 Å². The average molecular weight is 277 g/mol. The maximum atomic E-state index is 5.47. The third kappa shape index (κ3) is 3.33. The molecule has 1 aliphatic heterocycles. The summed E-state index contributed by atoms with van der Waals surface area (Å²) in [5.74, 6) is 0.559. The number of nitrogens with zero attached hydrogens (tertiary/aromatic N) is 4. The van der Waals surface area contributed by atoms with E-state index in [9.17, 15) is 0 Å². The number of methoxy groups -OCH3 is 2. The second kappa shape index (κ2) is 6.55. The molecule has 1 saturated heterocycles. The second-order valence-electron chi connectivity index (χ2n) is 3.74. The van der Waals surface area contributed by atoms with Crippen LogP contribution in [0.2, 0.25) is 0 Å². The van der Waals surface area contributed by atoms with Crippen LogP contribution >= 0.6 is 12.4 Å². The highest BCUT2D eigenvalue weighted by Gasteiger charge is 2.20. The molecule has 0 N–H and O–H groups in total. The van der Waals surface area contributed by atoms with Gasteiger partial charge in [-0.15, -0.1) is 17.4 Å². The Hall–Kier alpha value is -1.34. The van der Waals surface area contributed by atoms with Crippen LogP contribution < -0.4 is 14.4 Å². The normalized spacial score (nSPS) is 19.1. The van der Waals surface area contributed by atoms with E-state index in [0.29, 0.717) is 12.6 Å². The maximum absolute atomic E-state index is 5.47. The number of anilines is 1. The van der Waals surface area contributed by atoms with Gasteiger partial charge in [0.2, 0.25) is 5.95 Å². The van der Waals surface area contributed by atoms with Crippen molar-refractivity contribution < 1.29 is 14.2 Å². The zero-order chi connectivity index (χ0) is 12.3. The van der Waals surface area contributed by atoms with Crippen LogP contribution in [0, 0.1) is 0 Å². The number of hydrogen-bond donors (Lipinski definition) is 0. The molecule has 0 radical (unpaired) electrons. The summed E-state index contributed by atoms with van der Waals surface area (Å²) in [6.07, 6.45) is 0.164. The molecule has 0 spiro atoms. The molecule has 102 valence electrons. The standard InChI is InChI=1S/C10H16N4O3.ClH/c1-7-6-14(4-5-17-7)8-11-9(15-2)13-10(12-8)16-3;/h7H,4-6H2,1-3H3;1H. The van der Waals surface area contributed by atoms with E-state index >= 15 is 0 Å². The molecule has 2 rings (SSSR count). The molecule has 1 fully saturated rings. The molecule has 1 aliphatic rings. The molecule has 2 heterocycles. The number of ether oxygens (including phenoxy) is 3. The van der Waals surface area contributed by atoms with Crippen LogP contribution in [0.3, 0.4) is 0 Å². The third-order valence-electron chi connectivity index (χ3n) is 2.47. The molecule has 0 amide bonds. The highest BCUT2D eigenvalue weighted by atomic mass is 35.5. The zero-order valence-corrected chi connectivity index (χ0v) is 11.4. The number of morpholine rings is 1. The SMILES string of the molecule is COc1nc(OC)nc(N2CCOC(C)C2)n1.Cl. The van der Waals surface area contributed by atoms with E-state index < -0.39 is 0 Å². The highest BCUT2D eigenvalue weighted by Crippen LogP contribution is 2.18. The maximum Gasteiger partial charge on any atom is 0.324 e. The molecule has 1 aromatic heterocycles. The van der Waals surface area contributed by atoms with Crippen molar-refractivity contribution in [2.75, 3.05) is 38.8 Å². The Morgan fingerprint density at radius 3 is 2.28 bits per heavy atom. The topological polar surface area (TPSA) is 69.6 Å². The van der Waals surface area contributed by atoms with E-state index in [1.54, 1.807) is 0 Å². The Bertz CT molecular complexity index is 371. The predicted octanol–water partition coefficient (Wildman–Crippen LogP) is 0.536. The summed E-state index contributed by atoms with van der Waals surface area (Å²) in [7, 11) is 3.03. The molecular weight excluding hydrogens is 260 g/mol. The van der Waals surface area contributed by atoms with E-state index in [0.717, 1.165) is 13.1 Å². The lowest BCUT2D eigenvalue weighted by molar-refractivity contribution is 0.0525. The van der Waals surface area contributed by atoms with Crippen molar-refractivity contribution in [3.05, 3.63) is 0 Å². The highest BCUT2D eigenvalue weighted by molar-refractivity contribution is 5.85. The Morgan fingerprint density at radius 1 is 1.17 bits per heavy atom. The molecule has 0 aliphatic carbocycles. The summed E-state index contributed by atoms with van der Waals surface area (Å²) in [5.41, 5.74) is 0. The van der Waals surface area contributed by atoms with Crippen LogP contribution in [-0.4, -0.2) is 55.0 Å². The molecular formula is C10H17ClN4O3. The summed E-state index contributed by atoms with van der Waals surface area (Å²) >= 11 is 0. The lowest BCUT2D eigenvalue weighted by Crippen LogP contribution is -2.42. The Labute approximate surface area is 112 Å². The fourth-order valence-electron chi connectivity index (χ4n) is 1.65. The Morgan fingerprint density at radius 2 is 1.78 bits per heavy atom. The zero-order valence-electron chi connectivity index (χ0n) is 10.6. The quantitative estimate of drug-likeness (QED) is 0.798.